The van der Waals surface area contributed by atoms with Crippen LogP contribution in [0.3, 0.4) is 0 Å². The molecule has 1 unspecified atom stereocenters. The van der Waals surface area contributed by atoms with E-state index in [-0.39, 0.29) is 40.8 Å². The number of anilines is 2. The maximum absolute atomic E-state index is 13.9. The van der Waals surface area contributed by atoms with E-state index in [1.165, 1.54) is 0 Å². The number of nitrogens with one attached hydrogen (secondary N) is 3. The zero-order valence-corrected chi connectivity index (χ0v) is 25.8. The largest absolute Gasteiger partial charge is 0.357 e. The van der Waals surface area contributed by atoms with Crippen molar-refractivity contribution in [2.75, 3.05) is 16.8 Å². The van der Waals surface area contributed by atoms with E-state index in [4.69, 9.17) is 23.2 Å². The SMILES string of the molecule is CC1(C)CC(=O)C2=C(C1)Nc1ccccc1N(CC(=O)NC1CC(C)(C)NC(C)(C)C1)C2c1ccc(Cl)cc1Cl. The van der Waals surface area contributed by atoms with Crippen LogP contribution in [-0.2, 0) is 9.59 Å². The zero-order valence-electron chi connectivity index (χ0n) is 24.3. The minimum Gasteiger partial charge on any atom is -0.357 e. The number of carbonyl (C=O) groups is 2. The summed E-state index contributed by atoms with van der Waals surface area (Å²) in [6.07, 6.45) is 2.79. The van der Waals surface area contributed by atoms with Crippen LogP contribution in [0.25, 0.3) is 0 Å². The fraction of sp³-hybridized carbons (Fsp3) is 0.500. The van der Waals surface area contributed by atoms with Crippen LogP contribution in [-0.4, -0.2) is 35.4 Å². The summed E-state index contributed by atoms with van der Waals surface area (Å²) in [6, 6.07) is 12.8. The Bertz CT molecular complexity index is 1360. The van der Waals surface area contributed by atoms with Gasteiger partial charge in [0.05, 0.1) is 24.0 Å². The number of hydrogen-bond acceptors (Lipinski definition) is 5. The van der Waals surface area contributed by atoms with Gasteiger partial charge in [0.1, 0.15) is 0 Å². The molecule has 1 aliphatic carbocycles. The number of benzene rings is 2. The summed E-state index contributed by atoms with van der Waals surface area (Å²) in [7, 11) is 0. The van der Waals surface area contributed by atoms with E-state index in [0.717, 1.165) is 35.5 Å². The molecule has 6 nitrogen and oxygen atoms in total. The monoisotopic (exact) mass is 582 g/mol. The number of piperidine rings is 1. The van der Waals surface area contributed by atoms with Gasteiger partial charge in [-0.2, -0.15) is 0 Å². The Morgan fingerprint density at radius 3 is 2.35 bits per heavy atom. The Balaban J connectivity index is 1.59. The average molecular weight is 584 g/mol. The molecule has 8 heteroatoms. The molecule has 40 heavy (non-hydrogen) atoms. The molecular weight excluding hydrogens is 543 g/mol. The van der Waals surface area contributed by atoms with Crippen molar-refractivity contribution in [3.05, 3.63) is 69.3 Å². The first-order chi connectivity index (χ1) is 18.6. The van der Waals surface area contributed by atoms with E-state index in [0.29, 0.717) is 28.5 Å². The molecule has 5 rings (SSSR count). The number of allylic oxidation sites excluding steroid dienone is 1. The first-order valence-corrected chi connectivity index (χ1v) is 14.8. The van der Waals surface area contributed by atoms with Crippen molar-refractivity contribution in [1.82, 2.24) is 10.6 Å². The summed E-state index contributed by atoms with van der Waals surface area (Å²) < 4.78 is 0. The number of ketones is 1. The lowest BCUT2D eigenvalue weighted by molar-refractivity contribution is -0.121. The minimum absolute atomic E-state index is 0.0311. The number of fused-ring (bicyclic) bond motifs is 1. The number of amides is 1. The third kappa shape index (κ3) is 6.05. The Labute approximate surface area is 247 Å². The Kier molecular flexibility index (Phi) is 7.52. The lowest BCUT2D eigenvalue weighted by atomic mass is 9.73. The van der Waals surface area contributed by atoms with Crippen molar-refractivity contribution in [2.45, 2.75) is 90.4 Å². The predicted molar refractivity (Wildman–Crippen MR) is 164 cm³/mol. The van der Waals surface area contributed by atoms with Gasteiger partial charge in [-0.3, -0.25) is 9.59 Å². The van der Waals surface area contributed by atoms with Crippen LogP contribution in [0.4, 0.5) is 11.4 Å². The molecule has 0 saturated carbocycles. The molecule has 2 aromatic carbocycles. The topological polar surface area (TPSA) is 73.5 Å². The number of hydrogen-bond donors (Lipinski definition) is 3. The van der Waals surface area contributed by atoms with Gasteiger partial charge in [-0.15, -0.1) is 0 Å². The fourth-order valence-electron chi connectivity index (χ4n) is 7.13. The normalized spacial score (nSPS) is 23.6. The molecule has 0 radical (unpaired) electrons. The fourth-order valence-corrected chi connectivity index (χ4v) is 7.64. The first kappa shape index (κ1) is 29.0. The van der Waals surface area contributed by atoms with Crippen molar-refractivity contribution < 1.29 is 9.59 Å². The maximum Gasteiger partial charge on any atom is 0.239 e. The van der Waals surface area contributed by atoms with Crippen molar-refractivity contribution in [1.29, 1.82) is 0 Å². The smallest absolute Gasteiger partial charge is 0.239 e. The average Bonchev–Trinajstić information content (AvgIpc) is 2.91. The van der Waals surface area contributed by atoms with E-state index in [1.807, 2.05) is 35.2 Å². The number of Topliss-reactive ketones (excluding diaryl/α,β-unsaturated/α-hetero) is 1. The predicted octanol–water partition coefficient (Wildman–Crippen LogP) is 7.04. The van der Waals surface area contributed by atoms with E-state index >= 15 is 0 Å². The summed E-state index contributed by atoms with van der Waals surface area (Å²) >= 11 is 13.1. The summed E-state index contributed by atoms with van der Waals surface area (Å²) in [6.45, 7) is 13.0. The Morgan fingerprint density at radius 1 is 1.00 bits per heavy atom. The molecule has 1 fully saturated rings. The molecule has 1 amide bonds. The standard InChI is InChI=1S/C32H40Cl2N4O2/c1-30(2)16-24-28(26(39)17-30)29(21-12-11-19(33)13-22(21)34)38(25-10-8-7-9-23(25)36-24)18-27(40)35-20-14-31(3,4)37-32(5,6)15-20/h7-13,20,29,36-37H,14-18H2,1-6H3,(H,35,40). The van der Waals surface area contributed by atoms with Crippen LogP contribution in [0.2, 0.25) is 10.0 Å². The molecule has 3 aliphatic rings. The number of rotatable bonds is 4. The second kappa shape index (κ2) is 10.4. The van der Waals surface area contributed by atoms with E-state index in [9.17, 15) is 9.59 Å². The third-order valence-corrected chi connectivity index (χ3v) is 8.69. The van der Waals surface area contributed by atoms with Gasteiger partial charge in [-0.1, -0.05) is 55.2 Å². The molecule has 214 valence electrons. The van der Waals surface area contributed by atoms with Gasteiger partial charge in [0.25, 0.3) is 0 Å². The molecule has 2 aliphatic heterocycles. The summed E-state index contributed by atoms with van der Waals surface area (Å²) in [5, 5.41) is 11.6. The highest BCUT2D eigenvalue weighted by Gasteiger charge is 2.43. The quantitative estimate of drug-likeness (QED) is 0.360. The molecule has 1 atom stereocenters. The highest BCUT2D eigenvalue weighted by molar-refractivity contribution is 6.35. The van der Waals surface area contributed by atoms with Crippen LogP contribution in [0.5, 0.6) is 0 Å². The van der Waals surface area contributed by atoms with Gasteiger partial charge in [0.2, 0.25) is 5.91 Å². The van der Waals surface area contributed by atoms with Crippen LogP contribution >= 0.6 is 23.2 Å². The van der Waals surface area contributed by atoms with Gasteiger partial charge in [-0.25, -0.2) is 0 Å². The number of nitrogens with zero attached hydrogens (tertiary/aromatic N) is 1. The number of para-hydroxylation sites is 2. The second-order valence-corrected chi connectivity index (χ2v) is 14.6. The van der Waals surface area contributed by atoms with Crippen LogP contribution in [0.1, 0.15) is 78.8 Å². The summed E-state index contributed by atoms with van der Waals surface area (Å²) in [5.74, 6) is -0.0223. The number of carbonyl (C=O) groups excluding carboxylic acids is 2. The number of halogens is 2. The second-order valence-electron chi connectivity index (χ2n) is 13.7. The highest BCUT2D eigenvalue weighted by atomic mass is 35.5. The lowest BCUT2D eigenvalue weighted by Crippen LogP contribution is -2.62. The van der Waals surface area contributed by atoms with Crippen LogP contribution < -0.4 is 20.9 Å². The van der Waals surface area contributed by atoms with E-state index < -0.39 is 6.04 Å². The lowest BCUT2D eigenvalue weighted by Gasteiger charge is -2.46. The Hall–Kier alpha value is -2.54. The van der Waals surface area contributed by atoms with Gasteiger partial charge < -0.3 is 20.9 Å². The van der Waals surface area contributed by atoms with Gasteiger partial charge >= 0.3 is 0 Å². The Morgan fingerprint density at radius 2 is 1.68 bits per heavy atom. The molecule has 3 N–H and O–H groups in total. The molecule has 0 spiro atoms. The molecule has 2 heterocycles. The summed E-state index contributed by atoms with van der Waals surface area (Å²) in [5.41, 5.74) is 3.63. The van der Waals surface area contributed by atoms with Crippen LogP contribution in [0, 0.1) is 5.41 Å². The van der Waals surface area contributed by atoms with Crippen molar-refractivity contribution in [2.24, 2.45) is 5.41 Å². The van der Waals surface area contributed by atoms with Crippen molar-refractivity contribution in [3.8, 4) is 0 Å². The van der Waals surface area contributed by atoms with Gasteiger partial charge in [-0.05, 0) is 82.2 Å². The first-order valence-electron chi connectivity index (χ1n) is 14.1. The molecule has 0 bridgehead atoms. The van der Waals surface area contributed by atoms with Gasteiger partial charge in [0.15, 0.2) is 5.78 Å². The molecule has 2 aromatic rings. The highest BCUT2D eigenvalue weighted by Crippen LogP contribution is 2.49. The minimum atomic E-state index is -0.550. The molecular formula is C32H40Cl2N4O2. The third-order valence-electron chi connectivity index (χ3n) is 8.13. The zero-order chi connectivity index (χ0) is 29.0. The molecule has 0 aromatic heterocycles. The van der Waals surface area contributed by atoms with Crippen LogP contribution in [0.15, 0.2) is 53.7 Å². The van der Waals surface area contributed by atoms with Crippen molar-refractivity contribution in [3.63, 3.8) is 0 Å². The van der Waals surface area contributed by atoms with Gasteiger partial charge in [0, 0.05) is 44.9 Å². The van der Waals surface area contributed by atoms with E-state index in [2.05, 4.69) is 57.5 Å². The van der Waals surface area contributed by atoms with Crippen molar-refractivity contribution >= 4 is 46.3 Å². The maximum atomic E-state index is 13.9. The summed E-state index contributed by atoms with van der Waals surface area (Å²) in [4.78, 5) is 29.8. The van der Waals surface area contributed by atoms with E-state index in [1.54, 1.807) is 12.1 Å². The molecule has 1 saturated heterocycles.